The first-order valence-corrected chi connectivity index (χ1v) is 9.77. The molecule has 1 aromatic carbocycles. The second-order valence-electron chi connectivity index (χ2n) is 7.50. The minimum absolute atomic E-state index is 0. The van der Waals surface area contributed by atoms with Crippen molar-refractivity contribution >= 4 is 26.8 Å². The Labute approximate surface area is 168 Å². The molecule has 0 amide bonds. The van der Waals surface area contributed by atoms with Crippen molar-refractivity contribution in [2.24, 2.45) is 0 Å². The molecule has 1 N–H and O–H groups in total. The lowest BCUT2D eigenvalue weighted by molar-refractivity contribution is 0.107. The average molecular weight is 456 g/mol. The summed E-state index contributed by atoms with van der Waals surface area (Å²) >= 11 is 3.25. The molecule has 2 fully saturated rings. The Morgan fingerprint density at radius 2 is 2.11 bits per heavy atom. The monoisotopic (exact) mass is 455 g/mol. The van der Waals surface area contributed by atoms with Crippen molar-refractivity contribution in [3.63, 3.8) is 0 Å². The third-order valence-electron chi connectivity index (χ3n) is 5.92. The third kappa shape index (κ3) is 2.85. The van der Waals surface area contributed by atoms with E-state index in [1.54, 1.807) is 0 Å². The van der Waals surface area contributed by atoms with Gasteiger partial charge in [-0.3, -0.25) is 4.90 Å². The first kappa shape index (κ1) is 19.7. The summed E-state index contributed by atoms with van der Waals surface area (Å²) in [5, 5.41) is 10.7. The quantitative estimate of drug-likeness (QED) is 0.763. The minimum atomic E-state index is -0.865. The Kier molecular flexibility index (Phi) is 4.93. The molecule has 7 nitrogen and oxygen atoms in total. The second-order valence-corrected chi connectivity index (χ2v) is 8.29. The molecule has 3 aliphatic rings. The average Bonchev–Trinajstić information content (AvgIpc) is 3.31. The molecule has 0 bridgehead atoms. The van der Waals surface area contributed by atoms with Crippen LogP contribution >= 0.6 is 15.9 Å². The van der Waals surface area contributed by atoms with E-state index in [0.29, 0.717) is 24.1 Å². The van der Waals surface area contributed by atoms with Crippen molar-refractivity contribution in [1.29, 1.82) is 0 Å². The van der Waals surface area contributed by atoms with Crippen molar-refractivity contribution in [3.8, 4) is 11.9 Å². The van der Waals surface area contributed by atoms with Crippen LogP contribution in [0.25, 0.3) is 10.9 Å². The Bertz CT molecular complexity index is 947. The van der Waals surface area contributed by atoms with Gasteiger partial charge in [-0.25, -0.2) is 8.78 Å². The molecule has 3 radical (unpaired) electrons. The van der Waals surface area contributed by atoms with E-state index >= 15 is 0 Å². The maximum atomic E-state index is 14.8. The summed E-state index contributed by atoms with van der Waals surface area (Å²) in [6.45, 7) is 2.01. The van der Waals surface area contributed by atoms with E-state index in [1.165, 1.54) is 0 Å². The zero-order valence-electron chi connectivity index (χ0n) is 14.9. The SMILES string of the molecule is Oc1nc(OC[C@@]23CCCN2C[C@H](F)C3)nc2c(F)c(Br)c3c(c12)COC3.[N]. The van der Waals surface area contributed by atoms with Crippen LogP contribution in [-0.2, 0) is 18.0 Å². The number of alkyl halides is 1. The molecule has 0 unspecified atom stereocenters. The van der Waals surface area contributed by atoms with Crippen molar-refractivity contribution in [2.45, 2.75) is 44.2 Å². The number of rotatable bonds is 3. The topological polar surface area (TPSA) is 98.2 Å². The summed E-state index contributed by atoms with van der Waals surface area (Å²) in [5.74, 6) is -0.916. The fraction of sp³-hybridized carbons (Fsp3) is 0.556. The number of hydrogen-bond donors (Lipinski definition) is 1. The van der Waals surface area contributed by atoms with Crippen LogP contribution in [0, 0.1) is 5.82 Å². The van der Waals surface area contributed by atoms with Gasteiger partial charge in [0.2, 0.25) is 5.88 Å². The van der Waals surface area contributed by atoms with Gasteiger partial charge < -0.3 is 14.6 Å². The molecule has 2 atom stereocenters. The Hall–Kier alpha value is -1.62. The fourth-order valence-corrected chi connectivity index (χ4v) is 5.20. The van der Waals surface area contributed by atoms with Gasteiger partial charge in [0.25, 0.3) is 0 Å². The molecule has 0 aliphatic carbocycles. The van der Waals surface area contributed by atoms with Crippen molar-refractivity contribution in [3.05, 3.63) is 21.4 Å². The lowest BCUT2D eigenvalue weighted by Crippen LogP contribution is -2.43. The van der Waals surface area contributed by atoms with Gasteiger partial charge in [0.1, 0.15) is 18.3 Å². The smallest absolute Gasteiger partial charge is 0.320 e. The highest BCUT2D eigenvalue weighted by Gasteiger charge is 2.49. The van der Waals surface area contributed by atoms with E-state index in [0.717, 1.165) is 19.4 Å². The van der Waals surface area contributed by atoms with Crippen LogP contribution in [0.15, 0.2) is 4.47 Å². The van der Waals surface area contributed by atoms with Gasteiger partial charge in [0.15, 0.2) is 5.82 Å². The lowest BCUT2D eigenvalue weighted by atomic mass is 9.95. The van der Waals surface area contributed by atoms with Crippen molar-refractivity contribution in [1.82, 2.24) is 21.0 Å². The maximum absolute atomic E-state index is 14.8. The highest BCUT2D eigenvalue weighted by Crippen LogP contribution is 2.42. The summed E-state index contributed by atoms with van der Waals surface area (Å²) in [6, 6.07) is -0.104. The second kappa shape index (κ2) is 7.01. The first-order chi connectivity index (χ1) is 13.0. The number of fused-ring (bicyclic) bond motifs is 4. The Morgan fingerprint density at radius 1 is 1.32 bits per heavy atom. The zero-order chi connectivity index (χ0) is 18.8. The van der Waals surface area contributed by atoms with Gasteiger partial charge in [0, 0.05) is 24.7 Å². The maximum Gasteiger partial charge on any atom is 0.320 e. The largest absolute Gasteiger partial charge is 0.493 e. The molecule has 28 heavy (non-hydrogen) atoms. The summed E-state index contributed by atoms with van der Waals surface area (Å²) in [6.07, 6.45) is 1.39. The normalized spacial score (nSPS) is 26.3. The number of aromatic hydroxyl groups is 1. The highest BCUT2D eigenvalue weighted by atomic mass is 79.9. The predicted molar refractivity (Wildman–Crippen MR) is 98.0 cm³/mol. The van der Waals surface area contributed by atoms with E-state index < -0.39 is 12.0 Å². The molecule has 1 aromatic heterocycles. The molecule has 4 heterocycles. The lowest BCUT2D eigenvalue weighted by Gasteiger charge is -2.30. The molecule has 149 valence electrons. The highest BCUT2D eigenvalue weighted by molar-refractivity contribution is 9.10. The molecule has 10 heteroatoms. The van der Waals surface area contributed by atoms with E-state index in [2.05, 4.69) is 30.8 Å². The number of hydrogen-bond acceptors (Lipinski definition) is 6. The van der Waals surface area contributed by atoms with Gasteiger partial charge >= 0.3 is 6.01 Å². The molecule has 5 rings (SSSR count). The number of halogens is 3. The van der Waals surface area contributed by atoms with E-state index in [4.69, 9.17) is 9.47 Å². The Morgan fingerprint density at radius 3 is 2.93 bits per heavy atom. The summed E-state index contributed by atoms with van der Waals surface area (Å²) in [5.41, 5.74) is 0.967. The molecule has 2 saturated heterocycles. The van der Waals surface area contributed by atoms with Gasteiger partial charge in [-0.1, -0.05) is 0 Å². The molecule has 2 aromatic rings. The van der Waals surface area contributed by atoms with Gasteiger partial charge in [-0.05, 0) is 40.9 Å². The van der Waals surface area contributed by atoms with Gasteiger partial charge in [-0.2, -0.15) is 9.97 Å². The van der Waals surface area contributed by atoms with Crippen LogP contribution in [0.3, 0.4) is 0 Å². The Balaban J connectivity index is 0.00000192. The van der Waals surface area contributed by atoms with E-state index in [1.807, 2.05) is 0 Å². The van der Waals surface area contributed by atoms with Crippen LogP contribution in [0.5, 0.6) is 11.9 Å². The van der Waals surface area contributed by atoms with Gasteiger partial charge in [0.05, 0.1) is 28.6 Å². The number of aromatic nitrogens is 2. The van der Waals surface area contributed by atoms with Crippen LogP contribution in [0.1, 0.15) is 30.4 Å². The van der Waals surface area contributed by atoms with Crippen molar-refractivity contribution < 1.29 is 23.4 Å². The fourth-order valence-electron chi connectivity index (χ4n) is 4.66. The number of ether oxygens (including phenoxy) is 2. The zero-order valence-corrected chi connectivity index (χ0v) is 16.5. The third-order valence-corrected chi connectivity index (χ3v) is 6.75. The predicted octanol–water partition coefficient (Wildman–Crippen LogP) is 2.74. The van der Waals surface area contributed by atoms with Crippen LogP contribution in [-0.4, -0.2) is 51.4 Å². The minimum Gasteiger partial charge on any atom is -0.493 e. The van der Waals surface area contributed by atoms with E-state index in [9.17, 15) is 13.9 Å². The van der Waals surface area contributed by atoms with Crippen LogP contribution in [0.2, 0.25) is 0 Å². The van der Waals surface area contributed by atoms with Crippen LogP contribution < -0.4 is 10.9 Å². The molecule has 3 aliphatic heterocycles. The van der Waals surface area contributed by atoms with E-state index in [-0.39, 0.29) is 58.8 Å². The molecule has 0 saturated carbocycles. The summed E-state index contributed by atoms with van der Waals surface area (Å²) < 4.78 is 40.1. The van der Waals surface area contributed by atoms with Crippen molar-refractivity contribution in [2.75, 3.05) is 19.7 Å². The molecule has 0 spiro atoms. The summed E-state index contributed by atoms with van der Waals surface area (Å²) in [4.78, 5) is 10.3. The molecular weight excluding hydrogens is 438 g/mol. The van der Waals surface area contributed by atoms with Gasteiger partial charge in [-0.15, -0.1) is 0 Å². The number of nitrogens with zero attached hydrogens (tertiary/aromatic N) is 4. The van der Waals surface area contributed by atoms with Crippen LogP contribution in [0.4, 0.5) is 8.78 Å². The molecular formula is C18H18BrF2N4O3. The number of benzene rings is 1. The first-order valence-electron chi connectivity index (χ1n) is 8.97. The standard InChI is InChI=1S/C18H18BrF2N3O3.N/c19-13-11-7-26-6-10(11)12-15(14(13)21)22-17(23-16(12)25)27-8-18-2-1-3-24(18)5-9(20)4-18;/h9H,1-8H2,(H,22,23,25);/t9-,18+;/m1./s1. The summed E-state index contributed by atoms with van der Waals surface area (Å²) in [7, 11) is 0.